The van der Waals surface area contributed by atoms with Crippen LogP contribution in [0.5, 0.6) is 0 Å². The maximum Gasteiger partial charge on any atom is 0.307 e. The first-order valence-corrected chi connectivity index (χ1v) is 6.53. The van der Waals surface area contributed by atoms with Crippen molar-refractivity contribution in [1.29, 1.82) is 0 Å². The number of carboxylic acids is 1. The standard InChI is InChI=1S/C13H14N2O2S/c1-15-8-11(7-14-15)9-18-12-4-2-10(3-5-12)6-13(16)17/h2-5,7-8H,6,9H2,1H3,(H,16,17). The van der Waals surface area contributed by atoms with E-state index in [-0.39, 0.29) is 6.42 Å². The van der Waals surface area contributed by atoms with E-state index in [0.29, 0.717) is 0 Å². The minimum atomic E-state index is -0.800. The van der Waals surface area contributed by atoms with Crippen LogP contribution in [0.4, 0.5) is 0 Å². The third-order valence-corrected chi connectivity index (χ3v) is 3.53. The molecular weight excluding hydrogens is 248 g/mol. The van der Waals surface area contributed by atoms with E-state index < -0.39 is 5.97 Å². The summed E-state index contributed by atoms with van der Waals surface area (Å²) in [6.07, 6.45) is 3.92. The minimum Gasteiger partial charge on any atom is -0.481 e. The first-order chi connectivity index (χ1) is 8.63. The van der Waals surface area contributed by atoms with Gasteiger partial charge in [-0.3, -0.25) is 9.48 Å². The number of nitrogens with zero attached hydrogens (tertiary/aromatic N) is 2. The van der Waals surface area contributed by atoms with Crippen LogP contribution < -0.4 is 0 Å². The molecule has 18 heavy (non-hydrogen) atoms. The van der Waals surface area contributed by atoms with Crippen LogP contribution in [0, 0.1) is 0 Å². The molecule has 0 radical (unpaired) electrons. The fourth-order valence-electron chi connectivity index (χ4n) is 1.59. The molecule has 0 spiro atoms. The van der Waals surface area contributed by atoms with Crippen molar-refractivity contribution in [3.05, 3.63) is 47.8 Å². The lowest BCUT2D eigenvalue weighted by molar-refractivity contribution is -0.136. The Morgan fingerprint density at radius 3 is 2.61 bits per heavy atom. The number of carbonyl (C=O) groups is 1. The van der Waals surface area contributed by atoms with Crippen molar-refractivity contribution in [2.24, 2.45) is 7.05 Å². The maximum atomic E-state index is 10.6. The summed E-state index contributed by atoms with van der Waals surface area (Å²) in [5.41, 5.74) is 2.00. The van der Waals surface area contributed by atoms with Crippen molar-refractivity contribution in [3.8, 4) is 0 Å². The summed E-state index contributed by atoms with van der Waals surface area (Å²) in [6, 6.07) is 7.64. The van der Waals surface area contributed by atoms with E-state index in [9.17, 15) is 4.79 Å². The molecule has 0 bridgehead atoms. The number of aliphatic carboxylic acids is 1. The topological polar surface area (TPSA) is 55.1 Å². The van der Waals surface area contributed by atoms with Gasteiger partial charge < -0.3 is 5.11 Å². The quantitative estimate of drug-likeness (QED) is 0.840. The highest BCUT2D eigenvalue weighted by Gasteiger charge is 2.02. The summed E-state index contributed by atoms with van der Waals surface area (Å²) in [6.45, 7) is 0. The molecule has 1 aromatic carbocycles. The molecule has 0 aliphatic heterocycles. The normalized spacial score (nSPS) is 10.5. The van der Waals surface area contributed by atoms with Crippen LogP contribution in [0.2, 0.25) is 0 Å². The van der Waals surface area contributed by atoms with Crippen LogP contribution >= 0.6 is 11.8 Å². The van der Waals surface area contributed by atoms with E-state index in [1.807, 2.05) is 43.7 Å². The predicted octanol–water partition coefficient (Wildman–Crippen LogP) is 2.34. The van der Waals surface area contributed by atoms with Crippen molar-refractivity contribution < 1.29 is 9.90 Å². The highest BCUT2D eigenvalue weighted by molar-refractivity contribution is 7.98. The highest BCUT2D eigenvalue weighted by Crippen LogP contribution is 2.22. The Hall–Kier alpha value is -1.75. The van der Waals surface area contributed by atoms with Crippen molar-refractivity contribution in [3.63, 3.8) is 0 Å². The zero-order chi connectivity index (χ0) is 13.0. The Balaban J connectivity index is 1.92. The summed E-state index contributed by atoms with van der Waals surface area (Å²) in [5, 5.41) is 12.8. The molecule has 0 saturated carbocycles. The average Bonchev–Trinajstić information content (AvgIpc) is 2.74. The third kappa shape index (κ3) is 3.63. The van der Waals surface area contributed by atoms with Gasteiger partial charge in [0.1, 0.15) is 0 Å². The predicted molar refractivity (Wildman–Crippen MR) is 70.6 cm³/mol. The van der Waals surface area contributed by atoms with Crippen molar-refractivity contribution in [2.75, 3.05) is 0 Å². The number of aryl methyl sites for hydroxylation is 1. The van der Waals surface area contributed by atoms with Gasteiger partial charge >= 0.3 is 5.97 Å². The van der Waals surface area contributed by atoms with E-state index in [4.69, 9.17) is 5.11 Å². The number of aromatic nitrogens is 2. The van der Waals surface area contributed by atoms with Gasteiger partial charge in [-0.05, 0) is 17.7 Å². The first-order valence-electron chi connectivity index (χ1n) is 5.54. The molecule has 0 aliphatic carbocycles. The molecule has 1 aromatic heterocycles. The SMILES string of the molecule is Cn1cc(CSc2ccc(CC(=O)O)cc2)cn1. The Labute approximate surface area is 110 Å². The molecule has 1 heterocycles. The van der Waals surface area contributed by atoms with Gasteiger partial charge in [-0.1, -0.05) is 12.1 Å². The highest BCUT2D eigenvalue weighted by atomic mass is 32.2. The van der Waals surface area contributed by atoms with E-state index in [2.05, 4.69) is 5.10 Å². The fraction of sp³-hybridized carbons (Fsp3) is 0.231. The van der Waals surface area contributed by atoms with Crippen LogP contribution in [0.15, 0.2) is 41.6 Å². The Kier molecular flexibility index (Phi) is 4.04. The molecule has 1 N–H and O–H groups in total. The van der Waals surface area contributed by atoms with Crippen molar-refractivity contribution >= 4 is 17.7 Å². The van der Waals surface area contributed by atoms with Gasteiger partial charge in [0.05, 0.1) is 12.6 Å². The second-order valence-corrected chi connectivity index (χ2v) is 5.07. The first kappa shape index (κ1) is 12.7. The molecule has 0 amide bonds. The molecule has 0 atom stereocenters. The molecule has 0 saturated heterocycles. The third-order valence-electron chi connectivity index (χ3n) is 2.44. The van der Waals surface area contributed by atoms with Gasteiger partial charge in [-0.2, -0.15) is 5.10 Å². The molecule has 2 rings (SSSR count). The van der Waals surface area contributed by atoms with Gasteiger partial charge in [0, 0.05) is 29.5 Å². The van der Waals surface area contributed by atoms with Crippen LogP contribution in [0.25, 0.3) is 0 Å². The molecule has 5 heteroatoms. The summed E-state index contributed by atoms with van der Waals surface area (Å²) < 4.78 is 1.78. The lowest BCUT2D eigenvalue weighted by Gasteiger charge is -2.01. The van der Waals surface area contributed by atoms with Gasteiger partial charge in [-0.15, -0.1) is 11.8 Å². The van der Waals surface area contributed by atoms with Crippen LogP contribution in [0.1, 0.15) is 11.1 Å². The second-order valence-electron chi connectivity index (χ2n) is 4.03. The zero-order valence-electron chi connectivity index (χ0n) is 10.0. The lowest BCUT2D eigenvalue weighted by Crippen LogP contribution is -1.99. The largest absolute Gasteiger partial charge is 0.481 e. The molecule has 4 nitrogen and oxygen atoms in total. The van der Waals surface area contributed by atoms with E-state index in [1.165, 1.54) is 5.56 Å². The second kappa shape index (κ2) is 5.73. The van der Waals surface area contributed by atoms with Crippen LogP contribution in [-0.4, -0.2) is 20.9 Å². The number of hydrogen-bond donors (Lipinski definition) is 1. The van der Waals surface area contributed by atoms with E-state index in [1.54, 1.807) is 16.4 Å². The van der Waals surface area contributed by atoms with Gasteiger partial charge in [-0.25, -0.2) is 0 Å². The van der Waals surface area contributed by atoms with Gasteiger partial charge in [0.15, 0.2) is 0 Å². The zero-order valence-corrected chi connectivity index (χ0v) is 10.9. The Morgan fingerprint density at radius 2 is 2.06 bits per heavy atom. The molecule has 94 valence electrons. The Morgan fingerprint density at radius 1 is 1.33 bits per heavy atom. The van der Waals surface area contributed by atoms with E-state index in [0.717, 1.165) is 16.2 Å². The molecule has 0 aliphatic rings. The monoisotopic (exact) mass is 262 g/mol. The van der Waals surface area contributed by atoms with Gasteiger partial charge in [0.2, 0.25) is 0 Å². The molecule has 2 aromatic rings. The fourth-order valence-corrected chi connectivity index (χ4v) is 2.40. The molecule has 0 unspecified atom stereocenters. The smallest absolute Gasteiger partial charge is 0.307 e. The number of thioether (sulfide) groups is 1. The van der Waals surface area contributed by atoms with Crippen LogP contribution in [0.3, 0.4) is 0 Å². The lowest BCUT2D eigenvalue weighted by atomic mass is 10.2. The number of benzene rings is 1. The summed E-state index contributed by atoms with van der Waals surface area (Å²) in [4.78, 5) is 11.7. The van der Waals surface area contributed by atoms with Gasteiger partial charge in [0.25, 0.3) is 0 Å². The summed E-state index contributed by atoms with van der Waals surface area (Å²) in [5.74, 6) is 0.0670. The van der Waals surface area contributed by atoms with Crippen LogP contribution in [-0.2, 0) is 24.0 Å². The number of hydrogen-bond acceptors (Lipinski definition) is 3. The Bertz CT molecular complexity index is 534. The summed E-state index contributed by atoms with van der Waals surface area (Å²) >= 11 is 1.71. The minimum absolute atomic E-state index is 0.0769. The van der Waals surface area contributed by atoms with E-state index >= 15 is 0 Å². The van der Waals surface area contributed by atoms with Crippen molar-refractivity contribution in [2.45, 2.75) is 17.1 Å². The number of carboxylic acid groups (broad SMARTS) is 1. The molecular formula is C13H14N2O2S. The molecule has 0 fully saturated rings. The number of rotatable bonds is 5. The average molecular weight is 262 g/mol. The maximum absolute atomic E-state index is 10.6. The summed E-state index contributed by atoms with van der Waals surface area (Å²) in [7, 11) is 1.90. The van der Waals surface area contributed by atoms with Crippen molar-refractivity contribution in [1.82, 2.24) is 9.78 Å².